The first-order chi connectivity index (χ1) is 9.08. The lowest BCUT2D eigenvalue weighted by atomic mass is 10.1. The Balaban J connectivity index is 2.16. The minimum absolute atomic E-state index is 0.181. The number of aliphatic hydroxyl groups excluding tert-OH is 1. The topological polar surface area (TPSA) is 89.8 Å². The van der Waals surface area contributed by atoms with Gasteiger partial charge in [-0.25, -0.2) is 4.79 Å². The zero-order valence-corrected chi connectivity index (χ0v) is 9.95. The largest absolute Gasteiger partial charge is 0.507 e. The molecule has 0 aliphatic heterocycles. The van der Waals surface area contributed by atoms with Gasteiger partial charge in [0.05, 0.1) is 0 Å². The molecule has 2 aromatic carbocycles. The Labute approximate surface area is 109 Å². The highest BCUT2D eigenvalue weighted by Gasteiger charge is 2.11. The molecule has 0 aromatic heterocycles. The van der Waals surface area contributed by atoms with Crippen molar-refractivity contribution in [3.05, 3.63) is 59.7 Å². The smallest absolute Gasteiger partial charge is 0.339 e. The zero-order chi connectivity index (χ0) is 13.8. The Kier molecular flexibility index (Phi) is 3.68. The van der Waals surface area contributed by atoms with Gasteiger partial charge in [0.2, 0.25) is 0 Å². The quantitative estimate of drug-likeness (QED) is 0.632. The van der Waals surface area contributed by atoms with Crippen LogP contribution in [0.3, 0.4) is 0 Å². The van der Waals surface area contributed by atoms with Gasteiger partial charge in [-0.05, 0) is 12.1 Å². The van der Waals surface area contributed by atoms with E-state index in [1.54, 1.807) is 24.3 Å². The molecule has 2 rings (SSSR count). The molecule has 0 saturated carbocycles. The fourth-order valence-corrected chi connectivity index (χ4v) is 1.68. The summed E-state index contributed by atoms with van der Waals surface area (Å²) < 4.78 is 0. The maximum atomic E-state index is 10.7. The van der Waals surface area contributed by atoms with E-state index >= 15 is 0 Å². The number of rotatable bonds is 4. The number of carboxylic acid groups (broad SMARTS) is 1. The molecule has 1 unspecified atom stereocenters. The van der Waals surface area contributed by atoms with Crippen LogP contribution >= 0.6 is 0 Å². The number of benzene rings is 2. The number of nitrogens with one attached hydrogen (secondary N) is 1. The van der Waals surface area contributed by atoms with Crippen LogP contribution in [0.5, 0.6) is 5.75 Å². The normalized spacial score (nSPS) is 11.8. The van der Waals surface area contributed by atoms with Crippen LogP contribution < -0.4 is 5.32 Å². The van der Waals surface area contributed by atoms with Gasteiger partial charge < -0.3 is 20.6 Å². The van der Waals surface area contributed by atoms with E-state index in [0.29, 0.717) is 11.3 Å². The Morgan fingerprint density at radius 3 is 2.37 bits per heavy atom. The molecular formula is C14H13NO4. The molecule has 5 nitrogen and oxygen atoms in total. The van der Waals surface area contributed by atoms with Crippen LogP contribution in [-0.2, 0) is 0 Å². The van der Waals surface area contributed by atoms with E-state index in [2.05, 4.69) is 5.32 Å². The number of anilines is 1. The fraction of sp³-hybridized carbons (Fsp3) is 0.0714. The standard InChI is InChI=1S/C14H13NO4/c16-12-8-10(6-7-11(12)14(18)19)15-13(17)9-4-2-1-3-5-9/h1-8,13,15-17H,(H,18,19). The van der Waals surface area contributed by atoms with Crippen LogP contribution in [0.1, 0.15) is 22.1 Å². The molecule has 0 aliphatic rings. The summed E-state index contributed by atoms with van der Waals surface area (Å²) in [6, 6.07) is 13.0. The molecule has 0 amide bonds. The molecule has 4 N–H and O–H groups in total. The molecule has 98 valence electrons. The summed E-state index contributed by atoms with van der Waals surface area (Å²) in [7, 11) is 0. The number of aromatic carboxylic acids is 1. The third-order valence-corrected chi connectivity index (χ3v) is 2.65. The lowest BCUT2D eigenvalue weighted by molar-refractivity contribution is 0.0694. The van der Waals surface area contributed by atoms with Gasteiger partial charge in [0.1, 0.15) is 11.3 Å². The maximum absolute atomic E-state index is 10.7. The van der Waals surface area contributed by atoms with Crippen LogP contribution in [-0.4, -0.2) is 21.3 Å². The molecule has 0 radical (unpaired) electrons. The first-order valence-electron chi connectivity index (χ1n) is 5.64. The number of carboxylic acids is 1. The Bertz CT molecular complexity index is 583. The van der Waals surface area contributed by atoms with Gasteiger partial charge >= 0.3 is 5.97 Å². The van der Waals surface area contributed by atoms with E-state index in [0.717, 1.165) is 0 Å². The lowest BCUT2D eigenvalue weighted by Gasteiger charge is -2.15. The predicted octanol–water partition coefficient (Wildman–Crippen LogP) is 2.19. The summed E-state index contributed by atoms with van der Waals surface area (Å²) in [5.41, 5.74) is 0.919. The van der Waals surface area contributed by atoms with Gasteiger partial charge in [-0.1, -0.05) is 30.3 Å². The Hall–Kier alpha value is -2.53. The summed E-state index contributed by atoms with van der Waals surface area (Å²) in [4.78, 5) is 10.7. The number of aliphatic hydroxyl groups is 1. The van der Waals surface area contributed by atoms with Gasteiger partial charge in [-0.15, -0.1) is 0 Å². The molecule has 0 aliphatic carbocycles. The molecule has 5 heteroatoms. The van der Waals surface area contributed by atoms with Crippen molar-refractivity contribution >= 4 is 11.7 Å². The minimum atomic E-state index is -1.20. The SMILES string of the molecule is O=C(O)c1ccc(NC(O)c2ccccc2)cc1O. The maximum Gasteiger partial charge on any atom is 0.339 e. The van der Waals surface area contributed by atoms with Gasteiger partial charge in [0, 0.05) is 17.3 Å². The molecule has 1 atom stereocenters. The van der Waals surface area contributed by atoms with Crippen molar-refractivity contribution in [2.75, 3.05) is 5.32 Å². The summed E-state index contributed by atoms with van der Waals surface area (Å²) in [6.07, 6.45) is -0.934. The third kappa shape index (κ3) is 3.02. The first-order valence-corrected chi connectivity index (χ1v) is 5.64. The second-order valence-electron chi connectivity index (χ2n) is 3.99. The molecular weight excluding hydrogens is 246 g/mol. The number of hydrogen-bond donors (Lipinski definition) is 4. The van der Waals surface area contributed by atoms with E-state index in [1.165, 1.54) is 18.2 Å². The van der Waals surface area contributed by atoms with Crippen molar-refractivity contribution in [2.24, 2.45) is 0 Å². The highest BCUT2D eigenvalue weighted by Crippen LogP contribution is 2.24. The van der Waals surface area contributed by atoms with Crippen molar-refractivity contribution < 1.29 is 20.1 Å². The molecule has 0 bridgehead atoms. The average Bonchev–Trinajstić information content (AvgIpc) is 2.39. The molecule has 0 saturated heterocycles. The van der Waals surface area contributed by atoms with Crippen LogP contribution in [0.25, 0.3) is 0 Å². The van der Waals surface area contributed by atoms with E-state index in [9.17, 15) is 15.0 Å². The lowest BCUT2D eigenvalue weighted by Crippen LogP contribution is -2.09. The number of hydrogen-bond acceptors (Lipinski definition) is 4. The Morgan fingerprint density at radius 2 is 1.79 bits per heavy atom. The summed E-state index contributed by atoms with van der Waals surface area (Å²) in [5.74, 6) is -1.55. The summed E-state index contributed by atoms with van der Waals surface area (Å²) >= 11 is 0. The van der Waals surface area contributed by atoms with Crippen LogP contribution in [0.15, 0.2) is 48.5 Å². The molecule has 0 fully saturated rings. The van der Waals surface area contributed by atoms with Gasteiger partial charge in [-0.3, -0.25) is 0 Å². The number of phenols is 1. The van der Waals surface area contributed by atoms with Crippen molar-refractivity contribution in [1.29, 1.82) is 0 Å². The van der Waals surface area contributed by atoms with Crippen LogP contribution in [0.2, 0.25) is 0 Å². The van der Waals surface area contributed by atoms with Gasteiger partial charge in [-0.2, -0.15) is 0 Å². The number of aromatic hydroxyl groups is 1. The van der Waals surface area contributed by atoms with Crippen molar-refractivity contribution in [2.45, 2.75) is 6.23 Å². The second-order valence-corrected chi connectivity index (χ2v) is 3.99. The average molecular weight is 259 g/mol. The van der Waals surface area contributed by atoms with E-state index < -0.39 is 12.2 Å². The highest BCUT2D eigenvalue weighted by molar-refractivity contribution is 5.91. The summed E-state index contributed by atoms with van der Waals surface area (Å²) in [6.45, 7) is 0. The molecule has 19 heavy (non-hydrogen) atoms. The van der Waals surface area contributed by atoms with Crippen molar-refractivity contribution in [1.82, 2.24) is 0 Å². The predicted molar refractivity (Wildman–Crippen MR) is 70.1 cm³/mol. The van der Waals surface area contributed by atoms with E-state index in [1.807, 2.05) is 6.07 Å². The first kappa shape index (κ1) is 12.9. The number of carbonyl (C=O) groups is 1. The fourth-order valence-electron chi connectivity index (χ4n) is 1.68. The van der Waals surface area contributed by atoms with Gasteiger partial charge in [0.25, 0.3) is 0 Å². The van der Waals surface area contributed by atoms with E-state index in [4.69, 9.17) is 5.11 Å². The zero-order valence-electron chi connectivity index (χ0n) is 9.95. The monoisotopic (exact) mass is 259 g/mol. The van der Waals surface area contributed by atoms with Gasteiger partial charge in [0.15, 0.2) is 6.23 Å². The molecule has 2 aromatic rings. The second kappa shape index (κ2) is 5.41. The third-order valence-electron chi connectivity index (χ3n) is 2.65. The van der Waals surface area contributed by atoms with Crippen molar-refractivity contribution in [3.8, 4) is 5.75 Å². The minimum Gasteiger partial charge on any atom is -0.507 e. The molecule has 0 heterocycles. The molecule has 0 spiro atoms. The highest BCUT2D eigenvalue weighted by atomic mass is 16.4. The van der Waals surface area contributed by atoms with E-state index in [-0.39, 0.29) is 11.3 Å². The van der Waals surface area contributed by atoms with Crippen LogP contribution in [0, 0.1) is 0 Å². The van der Waals surface area contributed by atoms with Crippen molar-refractivity contribution in [3.63, 3.8) is 0 Å². The Morgan fingerprint density at radius 1 is 1.11 bits per heavy atom. The van der Waals surface area contributed by atoms with Crippen LogP contribution in [0.4, 0.5) is 5.69 Å². The summed E-state index contributed by atoms with van der Waals surface area (Å²) in [5, 5.41) is 31.0.